The number of nitriles is 1. The predicted molar refractivity (Wildman–Crippen MR) is 165 cm³/mol. The van der Waals surface area contributed by atoms with Crippen LogP contribution in [0.2, 0.25) is 0 Å². The zero-order valence-electron chi connectivity index (χ0n) is 26.3. The van der Waals surface area contributed by atoms with Gasteiger partial charge in [0, 0.05) is 5.92 Å². The fraction of sp³-hybridized carbons (Fsp3) is 0.559. The normalized spacial score (nSPS) is 16.1. The van der Waals surface area contributed by atoms with Crippen LogP contribution in [0, 0.1) is 11.3 Å². The topological polar surface area (TPSA) is 139 Å². The molecule has 2 unspecified atom stereocenters. The molecule has 0 aliphatic heterocycles. The van der Waals surface area contributed by atoms with Crippen molar-refractivity contribution in [2.75, 3.05) is 35.0 Å². The maximum atomic E-state index is 11.5. The summed E-state index contributed by atoms with van der Waals surface area (Å²) in [6.07, 6.45) is 9.75. The lowest BCUT2D eigenvalue weighted by atomic mass is 9.95. The van der Waals surface area contributed by atoms with Crippen LogP contribution in [-0.4, -0.2) is 59.1 Å². The van der Waals surface area contributed by atoms with Crippen LogP contribution >= 0.6 is 0 Å². The third-order valence-corrected chi connectivity index (χ3v) is 8.12. The van der Waals surface area contributed by atoms with E-state index in [1.54, 1.807) is 32.4 Å². The van der Waals surface area contributed by atoms with Gasteiger partial charge < -0.3 is 34.2 Å². The number of hydrogen-bond donors (Lipinski definition) is 1. The van der Waals surface area contributed by atoms with Crippen LogP contribution in [0.25, 0.3) is 0 Å². The van der Waals surface area contributed by atoms with E-state index in [0.717, 1.165) is 42.6 Å². The number of ether oxygens (including phenoxy) is 6. The van der Waals surface area contributed by atoms with E-state index in [-0.39, 0.29) is 36.9 Å². The SMILES string of the molecule is COC(=O)CC(C#N)c1ccc(OC)c(OC2CCCC2)c1.COC(=O)CC(CN)c1ccc(OC)c(OC2CCCC2)c1. The highest BCUT2D eigenvalue weighted by atomic mass is 16.5. The zero-order valence-corrected chi connectivity index (χ0v) is 26.3. The number of nitrogens with zero attached hydrogens (tertiary/aromatic N) is 1. The van der Waals surface area contributed by atoms with Gasteiger partial charge in [-0.1, -0.05) is 12.1 Å². The number of benzene rings is 2. The number of carbonyl (C=O) groups is 2. The zero-order chi connectivity index (χ0) is 31.9. The van der Waals surface area contributed by atoms with Crippen molar-refractivity contribution < 1.29 is 38.0 Å². The van der Waals surface area contributed by atoms with E-state index in [1.165, 1.54) is 39.9 Å². The Balaban J connectivity index is 0.000000240. The van der Waals surface area contributed by atoms with Gasteiger partial charge in [-0.3, -0.25) is 9.59 Å². The van der Waals surface area contributed by atoms with Crippen LogP contribution in [0.4, 0.5) is 0 Å². The first-order chi connectivity index (χ1) is 21.3. The van der Waals surface area contributed by atoms with Gasteiger partial charge in [0.2, 0.25) is 0 Å². The molecular formula is C34H46N2O8. The van der Waals surface area contributed by atoms with E-state index in [0.29, 0.717) is 23.8 Å². The summed E-state index contributed by atoms with van der Waals surface area (Å²) in [5.41, 5.74) is 7.52. The summed E-state index contributed by atoms with van der Waals surface area (Å²) < 4.78 is 32.2. The maximum absolute atomic E-state index is 11.5. The quantitative estimate of drug-likeness (QED) is 0.276. The minimum Gasteiger partial charge on any atom is -0.493 e. The number of carbonyl (C=O) groups excluding carboxylic acids is 2. The third-order valence-electron chi connectivity index (χ3n) is 8.12. The molecule has 240 valence electrons. The molecule has 0 radical (unpaired) electrons. The molecule has 10 heteroatoms. The van der Waals surface area contributed by atoms with Crippen molar-refractivity contribution in [3.63, 3.8) is 0 Å². The minimum absolute atomic E-state index is 0.0300. The summed E-state index contributed by atoms with van der Waals surface area (Å²) in [4.78, 5) is 22.9. The Morgan fingerprint density at radius 3 is 1.64 bits per heavy atom. The summed E-state index contributed by atoms with van der Waals surface area (Å²) in [7, 11) is 5.93. The van der Waals surface area contributed by atoms with Gasteiger partial charge >= 0.3 is 11.9 Å². The molecule has 2 saturated carbocycles. The van der Waals surface area contributed by atoms with Gasteiger partial charge in [-0.2, -0.15) is 5.26 Å². The molecule has 44 heavy (non-hydrogen) atoms. The van der Waals surface area contributed by atoms with Gasteiger partial charge in [-0.15, -0.1) is 0 Å². The number of esters is 2. The molecule has 4 rings (SSSR count). The van der Waals surface area contributed by atoms with E-state index in [2.05, 4.69) is 10.8 Å². The largest absolute Gasteiger partial charge is 0.493 e. The number of nitrogens with two attached hydrogens (primary N) is 1. The Kier molecular flexibility index (Phi) is 14.1. The van der Waals surface area contributed by atoms with Crippen LogP contribution in [0.15, 0.2) is 36.4 Å². The molecule has 2 aromatic rings. The van der Waals surface area contributed by atoms with Gasteiger partial charge in [0.25, 0.3) is 0 Å². The Morgan fingerprint density at radius 2 is 1.20 bits per heavy atom. The van der Waals surface area contributed by atoms with Crippen molar-refractivity contribution in [3.05, 3.63) is 47.5 Å². The summed E-state index contributed by atoms with van der Waals surface area (Å²) in [5, 5.41) is 9.30. The smallest absolute Gasteiger partial charge is 0.307 e. The summed E-state index contributed by atoms with van der Waals surface area (Å²) >= 11 is 0. The minimum atomic E-state index is -0.552. The van der Waals surface area contributed by atoms with E-state index in [1.807, 2.05) is 18.2 Å². The van der Waals surface area contributed by atoms with Crippen LogP contribution in [0.1, 0.15) is 87.2 Å². The molecule has 10 nitrogen and oxygen atoms in total. The van der Waals surface area contributed by atoms with Crippen LogP contribution in [0.5, 0.6) is 23.0 Å². The second kappa shape index (κ2) is 18.0. The molecule has 0 saturated heterocycles. The Labute approximate surface area is 260 Å². The molecule has 2 fully saturated rings. The fourth-order valence-electron chi connectivity index (χ4n) is 5.52. The Bertz CT molecular complexity index is 1250. The van der Waals surface area contributed by atoms with Crippen molar-refractivity contribution >= 4 is 11.9 Å². The van der Waals surface area contributed by atoms with Crippen molar-refractivity contribution in [3.8, 4) is 29.1 Å². The summed E-state index contributed by atoms with van der Waals surface area (Å²) in [6, 6.07) is 13.3. The molecule has 0 amide bonds. The molecule has 0 bridgehead atoms. The van der Waals surface area contributed by atoms with Crippen molar-refractivity contribution in [1.82, 2.24) is 0 Å². The first-order valence-electron chi connectivity index (χ1n) is 15.3. The average molecular weight is 611 g/mol. The molecule has 2 N–H and O–H groups in total. The standard InChI is InChI=1S/C17H25NO4.C17H21NO4/c2*1-20-15-8-7-12(13(11-18)10-17(19)21-2)9-16(15)22-14-5-3-4-6-14/h7-9,13-14H,3-6,10-11,18H2,1-2H3;7-9,13-14H,3-6,10H2,1-2H3. The lowest BCUT2D eigenvalue weighted by Gasteiger charge is -2.19. The van der Waals surface area contributed by atoms with Gasteiger partial charge in [0.1, 0.15) is 0 Å². The molecule has 2 aliphatic rings. The van der Waals surface area contributed by atoms with Crippen molar-refractivity contribution in [1.29, 1.82) is 5.26 Å². The van der Waals surface area contributed by atoms with E-state index >= 15 is 0 Å². The van der Waals surface area contributed by atoms with Gasteiger partial charge in [-0.25, -0.2) is 0 Å². The monoisotopic (exact) mass is 610 g/mol. The Morgan fingerprint density at radius 1 is 0.750 bits per heavy atom. The van der Waals surface area contributed by atoms with Crippen LogP contribution in [0.3, 0.4) is 0 Å². The predicted octanol–water partition coefficient (Wildman–Crippen LogP) is 5.81. The summed E-state index contributed by atoms with van der Waals surface area (Å²) in [6.45, 7) is 0.379. The molecular weight excluding hydrogens is 564 g/mol. The van der Waals surface area contributed by atoms with E-state index in [4.69, 9.17) is 29.4 Å². The molecule has 2 aromatic carbocycles. The molecule has 0 aromatic heterocycles. The van der Waals surface area contributed by atoms with E-state index in [9.17, 15) is 14.9 Å². The molecule has 2 aliphatic carbocycles. The number of rotatable bonds is 13. The third kappa shape index (κ3) is 10.1. The molecule has 0 heterocycles. The molecule has 0 spiro atoms. The first kappa shape index (κ1) is 34.5. The van der Waals surface area contributed by atoms with Gasteiger partial charge in [-0.05, 0) is 93.3 Å². The molecule has 2 atom stereocenters. The van der Waals surface area contributed by atoms with Crippen LogP contribution < -0.4 is 24.7 Å². The fourth-order valence-corrected chi connectivity index (χ4v) is 5.52. The van der Waals surface area contributed by atoms with E-state index < -0.39 is 11.9 Å². The first-order valence-corrected chi connectivity index (χ1v) is 15.3. The Hall–Kier alpha value is -3.97. The maximum Gasteiger partial charge on any atom is 0.307 e. The second-order valence-corrected chi connectivity index (χ2v) is 11.0. The van der Waals surface area contributed by atoms with Gasteiger partial charge in [0.05, 0.1) is 65.5 Å². The highest BCUT2D eigenvalue weighted by molar-refractivity contribution is 5.71. The lowest BCUT2D eigenvalue weighted by Crippen LogP contribution is -2.18. The van der Waals surface area contributed by atoms with Crippen molar-refractivity contribution in [2.45, 2.75) is 88.3 Å². The second-order valence-electron chi connectivity index (χ2n) is 11.0. The highest BCUT2D eigenvalue weighted by Gasteiger charge is 2.23. The lowest BCUT2D eigenvalue weighted by molar-refractivity contribution is -0.141. The highest BCUT2D eigenvalue weighted by Crippen LogP contribution is 2.36. The number of hydrogen-bond acceptors (Lipinski definition) is 10. The van der Waals surface area contributed by atoms with Crippen molar-refractivity contribution in [2.24, 2.45) is 5.73 Å². The average Bonchev–Trinajstić information content (AvgIpc) is 3.77. The number of methoxy groups -OCH3 is 4. The summed E-state index contributed by atoms with van der Waals surface area (Å²) in [5.74, 6) is 1.43. The van der Waals surface area contributed by atoms with Gasteiger partial charge in [0.15, 0.2) is 23.0 Å². The van der Waals surface area contributed by atoms with Crippen LogP contribution in [-0.2, 0) is 19.1 Å².